The van der Waals surface area contributed by atoms with Crippen molar-refractivity contribution in [2.45, 2.75) is 26.7 Å². The first-order chi connectivity index (χ1) is 9.99. The molecule has 7 heteroatoms. The fourth-order valence-corrected chi connectivity index (χ4v) is 2.13. The lowest BCUT2D eigenvalue weighted by Crippen LogP contribution is -2.05. The molecule has 21 heavy (non-hydrogen) atoms. The highest BCUT2D eigenvalue weighted by Crippen LogP contribution is 2.32. The Morgan fingerprint density at radius 2 is 1.90 bits per heavy atom. The second-order valence-corrected chi connectivity index (χ2v) is 5.55. The van der Waals surface area contributed by atoms with Crippen molar-refractivity contribution in [2.24, 2.45) is 0 Å². The summed E-state index contributed by atoms with van der Waals surface area (Å²) in [6.07, 6.45) is 0. The van der Waals surface area contributed by atoms with E-state index in [1.807, 2.05) is 25.1 Å². The van der Waals surface area contributed by atoms with Gasteiger partial charge in [-0.25, -0.2) is 0 Å². The maximum atomic E-state index is 5.75. The Balaban J connectivity index is 2.33. The summed E-state index contributed by atoms with van der Waals surface area (Å²) in [6, 6.07) is 6.04. The Hall–Kier alpha value is -1.89. The van der Waals surface area contributed by atoms with Crippen LogP contribution in [0.5, 0.6) is 17.8 Å². The number of ether oxygens (including phenoxy) is 2. The number of anilines is 1. The van der Waals surface area contributed by atoms with Crippen LogP contribution < -0.4 is 15.2 Å². The Kier molecular flexibility index (Phi) is 4.95. The number of nitrogen functional groups attached to an aromatic ring is 1. The van der Waals surface area contributed by atoms with Gasteiger partial charge in [-0.3, -0.25) is 0 Å². The molecule has 0 aliphatic carbocycles. The molecule has 0 saturated carbocycles. The molecule has 0 atom stereocenters. The van der Waals surface area contributed by atoms with Crippen LogP contribution in [0, 0.1) is 0 Å². The lowest BCUT2D eigenvalue weighted by atomic mass is 10.0. The van der Waals surface area contributed by atoms with Crippen molar-refractivity contribution in [2.75, 3.05) is 12.3 Å². The highest BCUT2D eigenvalue weighted by molar-refractivity contribution is 9.10. The molecule has 0 bridgehead atoms. The van der Waals surface area contributed by atoms with Gasteiger partial charge in [0, 0.05) is 4.47 Å². The molecule has 2 aromatic rings. The zero-order valence-corrected chi connectivity index (χ0v) is 13.7. The molecule has 0 saturated heterocycles. The Morgan fingerprint density at radius 1 is 1.19 bits per heavy atom. The summed E-state index contributed by atoms with van der Waals surface area (Å²) in [5.41, 5.74) is 6.68. The lowest BCUT2D eigenvalue weighted by Gasteiger charge is -2.13. The molecule has 0 aliphatic heterocycles. The summed E-state index contributed by atoms with van der Waals surface area (Å²) in [6.45, 7) is 6.45. The Bertz CT molecular complexity index is 634. The fourth-order valence-electron chi connectivity index (χ4n) is 1.75. The van der Waals surface area contributed by atoms with Crippen molar-refractivity contribution in [1.29, 1.82) is 0 Å². The van der Waals surface area contributed by atoms with Crippen molar-refractivity contribution in [1.82, 2.24) is 15.0 Å². The molecule has 0 fully saturated rings. The molecule has 0 spiro atoms. The first kappa shape index (κ1) is 15.5. The Labute approximate surface area is 131 Å². The monoisotopic (exact) mass is 352 g/mol. The minimum Gasteiger partial charge on any atom is -0.464 e. The maximum Gasteiger partial charge on any atom is 0.330 e. The van der Waals surface area contributed by atoms with Gasteiger partial charge in [-0.1, -0.05) is 29.8 Å². The van der Waals surface area contributed by atoms with Crippen LogP contribution >= 0.6 is 15.9 Å². The van der Waals surface area contributed by atoms with E-state index in [-0.39, 0.29) is 18.0 Å². The number of nitrogens with two attached hydrogens (primary N) is 1. The van der Waals surface area contributed by atoms with Gasteiger partial charge in [-0.2, -0.15) is 9.97 Å². The highest BCUT2D eigenvalue weighted by atomic mass is 79.9. The third-order valence-corrected chi connectivity index (χ3v) is 3.17. The molecule has 112 valence electrons. The van der Waals surface area contributed by atoms with Gasteiger partial charge in [0.1, 0.15) is 5.75 Å². The third-order valence-electron chi connectivity index (χ3n) is 2.68. The van der Waals surface area contributed by atoms with Crippen molar-refractivity contribution >= 4 is 21.9 Å². The van der Waals surface area contributed by atoms with E-state index in [4.69, 9.17) is 15.2 Å². The molecule has 0 aliphatic rings. The molecule has 0 unspecified atom stereocenters. The van der Waals surface area contributed by atoms with E-state index in [2.05, 4.69) is 44.7 Å². The van der Waals surface area contributed by atoms with E-state index < -0.39 is 0 Å². The molecule has 0 amide bonds. The quantitative estimate of drug-likeness (QED) is 0.885. The number of hydrogen-bond donors (Lipinski definition) is 1. The average Bonchev–Trinajstić information content (AvgIpc) is 2.40. The predicted octanol–water partition coefficient (Wildman–Crippen LogP) is 3.53. The zero-order valence-electron chi connectivity index (χ0n) is 12.1. The molecular formula is C14H17BrN4O2. The van der Waals surface area contributed by atoms with Crippen LogP contribution in [0.1, 0.15) is 32.3 Å². The maximum absolute atomic E-state index is 5.75. The summed E-state index contributed by atoms with van der Waals surface area (Å²) in [5.74, 6) is 1.04. The van der Waals surface area contributed by atoms with Gasteiger partial charge in [-0.15, -0.1) is 4.98 Å². The first-order valence-corrected chi connectivity index (χ1v) is 7.40. The number of rotatable bonds is 5. The largest absolute Gasteiger partial charge is 0.464 e. The predicted molar refractivity (Wildman–Crippen MR) is 83.7 cm³/mol. The topological polar surface area (TPSA) is 83.2 Å². The minimum absolute atomic E-state index is 0.0617. The molecule has 6 nitrogen and oxygen atoms in total. The molecule has 1 heterocycles. The lowest BCUT2D eigenvalue weighted by molar-refractivity contribution is 0.303. The minimum atomic E-state index is 0.0617. The van der Waals surface area contributed by atoms with Crippen LogP contribution in [0.4, 0.5) is 5.95 Å². The van der Waals surface area contributed by atoms with Crippen LogP contribution in [-0.4, -0.2) is 21.6 Å². The van der Waals surface area contributed by atoms with Gasteiger partial charge < -0.3 is 15.2 Å². The van der Waals surface area contributed by atoms with Crippen LogP contribution in [0.15, 0.2) is 22.7 Å². The molecule has 1 aromatic heterocycles. The van der Waals surface area contributed by atoms with Gasteiger partial charge in [0.2, 0.25) is 5.95 Å². The summed E-state index contributed by atoms with van der Waals surface area (Å²) < 4.78 is 12.0. The van der Waals surface area contributed by atoms with Crippen LogP contribution in [0.2, 0.25) is 0 Å². The average molecular weight is 353 g/mol. The van der Waals surface area contributed by atoms with Gasteiger partial charge in [0.05, 0.1) is 6.61 Å². The Morgan fingerprint density at radius 3 is 2.57 bits per heavy atom. The van der Waals surface area contributed by atoms with E-state index in [1.54, 1.807) is 0 Å². The molecule has 2 N–H and O–H groups in total. The van der Waals surface area contributed by atoms with E-state index in [0.29, 0.717) is 18.3 Å². The summed E-state index contributed by atoms with van der Waals surface area (Å²) in [4.78, 5) is 11.9. The smallest absolute Gasteiger partial charge is 0.330 e. The van der Waals surface area contributed by atoms with Crippen LogP contribution in [-0.2, 0) is 0 Å². The normalized spacial score (nSPS) is 10.7. The summed E-state index contributed by atoms with van der Waals surface area (Å²) >= 11 is 3.46. The third kappa shape index (κ3) is 4.04. The zero-order chi connectivity index (χ0) is 15.4. The van der Waals surface area contributed by atoms with Gasteiger partial charge in [0.25, 0.3) is 0 Å². The highest BCUT2D eigenvalue weighted by Gasteiger charge is 2.13. The van der Waals surface area contributed by atoms with Crippen LogP contribution in [0.25, 0.3) is 0 Å². The van der Waals surface area contributed by atoms with E-state index in [9.17, 15) is 0 Å². The van der Waals surface area contributed by atoms with E-state index in [0.717, 1.165) is 10.0 Å². The SMILES string of the molecule is CCOc1nc(N)nc(Oc2ccc(Br)cc2C(C)C)n1. The molecule has 2 rings (SSSR count). The van der Waals surface area contributed by atoms with E-state index >= 15 is 0 Å². The summed E-state index contributed by atoms with van der Waals surface area (Å²) in [7, 11) is 0. The van der Waals surface area contributed by atoms with Gasteiger partial charge in [-0.05, 0) is 36.6 Å². The summed E-state index contributed by atoms with van der Waals surface area (Å²) in [5, 5.41) is 0. The number of aromatic nitrogens is 3. The number of benzene rings is 1. The van der Waals surface area contributed by atoms with Crippen molar-refractivity contribution in [3.63, 3.8) is 0 Å². The molecule has 1 aromatic carbocycles. The van der Waals surface area contributed by atoms with Crippen molar-refractivity contribution in [3.8, 4) is 17.8 Å². The number of hydrogen-bond acceptors (Lipinski definition) is 6. The van der Waals surface area contributed by atoms with Gasteiger partial charge >= 0.3 is 12.0 Å². The van der Waals surface area contributed by atoms with Crippen molar-refractivity contribution in [3.05, 3.63) is 28.2 Å². The second kappa shape index (κ2) is 6.71. The number of nitrogens with zero attached hydrogens (tertiary/aromatic N) is 3. The first-order valence-electron chi connectivity index (χ1n) is 6.61. The molecular weight excluding hydrogens is 336 g/mol. The standard InChI is InChI=1S/C14H17BrN4O2/c1-4-20-13-17-12(16)18-14(19-13)21-11-6-5-9(15)7-10(11)8(2)3/h5-8H,4H2,1-3H3,(H2,16,17,18,19). The van der Waals surface area contributed by atoms with Gasteiger partial charge in [0.15, 0.2) is 0 Å². The van der Waals surface area contributed by atoms with Crippen LogP contribution in [0.3, 0.4) is 0 Å². The second-order valence-electron chi connectivity index (χ2n) is 4.63. The van der Waals surface area contributed by atoms with Crippen molar-refractivity contribution < 1.29 is 9.47 Å². The molecule has 0 radical (unpaired) electrons. The van der Waals surface area contributed by atoms with E-state index in [1.165, 1.54) is 0 Å². The number of halogens is 1. The fraction of sp³-hybridized carbons (Fsp3) is 0.357.